The van der Waals surface area contributed by atoms with Crippen molar-refractivity contribution in [1.29, 1.82) is 0 Å². The first-order chi connectivity index (χ1) is 49.9. The van der Waals surface area contributed by atoms with Gasteiger partial charge < -0.3 is 45.0 Å². The molecule has 0 atom stereocenters. The number of hydrogen-bond donors (Lipinski definition) is 8. The van der Waals surface area contributed by atoms with Crippen molar-refractivity contribution < 1.29 is 0 Å². The fourth-order valence-electron chi connectivity index (χ4n) is 11.4. The summed E-state index contributed by atoms with van der Waals surface area (Å²) in [5, 5.41) is 6.66. The van der Waals surface area contributed by atoms with E-state index < -0.39 is 0 Å². The van der Waals surface area contributed by atoms with Crippen molar-refractivity contribution in [3.05, 3.63) is 297 Å². The number of nitrogens with one attached hydrogen (secondary N) is 2. The second-order valence-corrected chi connectivity index (χ2v) is 26.6. The van der Waals surface area contributed by atoms with Gasteiger partial charge >= 0.3 is 0 Å². The lowest BCUT2D eigenvalue weighted by molar-refractivity contribution is 0.556. The summed E-state index contributed by atoms with van der Waals surface area (Å²) in [5.74, 6) is 7.46. The van der Waals surface area contributed by atoms with E-state index in [4.69, 9.17) is 53.7 Å². The molecule has 0 bridgehead atoms. The van der Waals surface area contributed by atoms with Gasteiger partial charge in [-0.1, -0.05) is 238 Å². The normalized spacial score (nSPS) is 9.98. The molecule has 540 valence electrons. The molecule has 0 spiro atoms. The summed E-state index contributed by atoms with van der Waals surface area (Å²) < 4.78 is 0. The molecular weight excluding hydrogens is 1250 g/mol. The lowest BCUT2D eigenvalue weighted by Crippen LogP contribution is -1.95. The van der Waals surface area contributed by atoms with Gasteiger partial charge in [0.15, 0.2) is 0 Å². The van der Waals surface area contributed by atoms with E-state index in [1.54, 1.807) is 18.2 Å². The molecule has 103 heavy (non-hydrogen) atoms. The number of hydrogen-bond acceptors (Lipinski definition) is 8. The van der Waals surface area contributed by atoms with Crippen molar-refractivity contribution in [2.75, 3.05) is 45.0 Å². The van der Waals surface area contributed by atoms with Gasteiger partial charge in [0.2, 0.25) is 0 Å². The van der Waals surface area contributed by atoms with Crippen molar-refractivity contribution in [2.24, 2.45) is 0 Å². The van der Waals surface area contributed by atoms with Crippen LogP contribution < -0.4 is 45.0 Å². The molecule has 0 aliphatic carbocycles. The number of nitrogens with two attached hydrogens (primary N) is 6. The van der Waals surface area contributed by atoms with Crippen LogP contribution in [0.5, 0.6) is 0 Å². The summed E-state index contributed by atoms with van der Waals surface area (Å²) >= 11 is 0. The van der Waals surface area contributed by atoms with Crippen LogP contribution in [0.25, 0.3) is 0 Å². The molecule has 0 radical (unpaired) electrons. The average molecular weight is 1370 g/mol. The van der Waals surface area contributed by atoms with Gasteiger partial charge in [-0.2, -0.15) is 0 Å². The number of anilines is 10. The highest BCUT2D eigenvalue weighted by atomic mass is 14.9. The molecule has 0 amide bonds. The first kappa shape index (κ1) is 84.7. The lowest BCUT2D eigenvalue weighted by Gasteiger charge is -2.08. The Kier molecular flexibility index (Phi) is 42.3. The molecule has 0 aliphatic heterocycles. The van der Waals surface area contributed by atoms with Gasteiger partial charge in [-0.3, -0.25) is 0 Å². The summed E-state index contributed by atoms with van der Waals surface area (Å²) in [4.78, 5) is 0. The highest BCUT2D eigenvalue weighted by molar-refractivity contribution is 5.62. The minimum atomic E-state index is 0.721. The molecule has 0 aliphatic rings. The van der Waals surface area contributed by atoms with Crippen LogP contribution in [0.3, 0.4) is 0 Å². The molecule has 0 unspecified atom stereocenters. The fourth-order valence-corrected chi connectivity index (χ4v) is 11.4. The number of rotatable bonds is 27. The first-order valence-corrected chi connectivity index (χ1v) is 37.3. The lowest BCUT2D eigenvalue weighted by atomic mass is 10.00. The predicted octanol–water partition coefficient (Wildman–Crippen LogP) is 24.3. The molecule has 10 aromatic carbocycles. The molecule has 14 N–H and O–H groups in total. The van der Waals surface area contributed by atoms with E-state index in [0.29, 0.717) is 0 Å². The van der Waals surface area contributed by atoms with Crippen LogP contribution in [0, 0.1) is 64.7 Å². The fraction of sp³-hybridized carbons (Fsp3) is 0.305. The van der Waals surface area contributed by atoms with E-state index >= 15 is 0 Å². The van der Waals surface area contributed by atoms with E-state index in [9.17, 15) is 0 Å². The zero-order valence-corrected chi connectivity index (χ0v) is 63.2. The Morgan fingerprint density at radius 1 is 0.272 bits per heavy atom. The zero-order chi connectivity index (χ0) is 74.7. The Labute approximate surface area is 622 Å². The van der Waals surface area contributed by atoms with Crippen LogP contribution in [0.15, 0.2) is 231 Å². The highest BCUT2D eigenvalue weighted by Gasteiger charge is 2.04. The van der Waals surface area contributed by atoms with Gasteiger partial charge in [0.25, 0.3) is 0 Å². The molecule has 0 saturated heterocycles. The maximum absolute atomic E-state index is 6.02. The topological polar surface area (TPSA) is 180 Å². The van der Waals surface area contributed by atoms with Crippen LogP contribution >= 0.6 is 0 Å². The summed E-state index contributed by atoms with van der Waals surface area (Å²) in [6, 6.07) is 76.8. The summed E-state index contributed by atoms with van der Waals surface area (Å²) in [6.45, 7) is 14.9. The van der Waals surface area contributed by atoms with Crippen LogP contribution in [-0.2, 0) is 25.7 Å². The number of nitrogen functional groups attached to an aromatic ring is 6. The molecule has 8 nitrogen and oxygen atoms in total. The Hall–Kier alpha value is -10.7. The molecular formula is C95H120N8. The van der Waals surface area contributed by atoms with Crippen molar-refractivity contribution in [3.63, 3.8) is 0 Å². The van der Waals surface area contributed by atoms with Gasteiger partial charge in [-0.25, -0.2) is 0 Å². The monoisotopic (exact) mass is 1370 g/mol. The van der Waals surface area contributed by atoms with E-state index in [1.807, 2.05) is 149 Å². The van der Waals surface area contributed by atoms with Crippen molar-refractivity contribution in [2.45, 2.75) is 190 Å². The number of benzene rings is 10. The molecule has 0 saturated carbocycles. The predicted molar refractivity (Wildman–Crippen MR) is 454 cm³/mol. The van der Waals surface area contributed by atoms with Gasteiger partial charge in [0.1, 0.15) is 0 Å². The maximum Gasteiger partial charge on any atom is 0.0385 e. The average Bonchev–Trinajstić information content (AvgIpc) is 0.956. The number of para-hydroxylation sites is 3. The number of unbranched alkanes of at least 4 members (excludes halogenated alkanes) is 15. The Morgan fingerprint density at radius 3 is 0.990 bits per heavy atom. The van der Waals surface area contributed by atoms with Gasteiger partial charge in [-0.05, 0) is 250 Å². The second kappa shape index (κ2) is 51.4. The van der Waals surface area contributed by atoms with E-state index in [1.165, 1.54) is 174 Å². The van der Waals surface area contributed by atoms with Crippen molar-refractivity contribution in [1.82, 2.24) is 0 Å². The zero-order valence-electron chi connectivity index (χ0n) is 63.2. The van der Waals surface area contributed by atoms with Crippen LogP contribution in [0.2, 0.25) is 0 Å². The molecule has 8 heteroatoms. The van der Waals surface area contributed by atoms with Crippen LogP contribution in [-0.4, -0.2) is 0 Å². The van der Waals surface area contributed by atoms with E-state index in [2.05, 4.69) is 140 Å². The minimum absolute atomic E-state index is 0.721. The van der Waals surface area contributed by atoms with Crippen molar-refractivity contribution >= 4 is 56.9 Å². The summed E-state index contributed by atoms with van der Waals surface area (Å²) in [6.07, 6.45) is 44.7. The smallest absolute Gasteiger partial charge is 0.0385 e. The summed E-state index contributed by atoms with van der Waals surface area (Å²) in [5.41, 5.74) is 57.6. The largest absolute Gasteiger partial charge is 0.399 e. The van der Waals surface area contributed by atoms with Crippen molar-refractivity contribution in [3.8, 4) is 37.0 Å². The standard InChI is InChI=1S/C19H18N2.2C18H31N.C12H12N2.C12H6.2C8H11N/c20-17-10-6-15(7-11-17)14-16-8-12-19(13-9-16)21-18-4-2-1-3-5-18;1-3-5-7-9-11-16-13-17(15-18(19)14-16)12-10-8-6-4-2;1-2-3-4-5-6-7-8-9-10-11-13-17-14-12-15-18(19)16-17;13-10-6-8-12(9-7-10)14-11-4-2-1-3-5-11;1-4-10-7-11(5-2)9-12(6-3)8-10;1-6-3-7(2)5-8(9)4-6;1-6-4-3-5-7(2)8(6)9/h1-13,21H,14,20H2;13-15H,3-12,19H2,1-2H3;12,14-16H,2-11,13,19H2,1H3;1-9,14H,13H2;1-3,7-9H;2*3-5H,9H2,1-2H3. The maximum atomic E-state index is 6.02. The Morgan fingerprint density at radius 2 is 0.602 bits per heavy atom. The van der Waals surface area contributed by atoms with E-state index in [0.717, 1.165) is 91.1 Å². The Balaban J connectivity index is 0.000000260. The van der Waals surface area contributed by atoms with Crippen LogP contribution in [0.4, 0.5) is 56.9 Å². The van der Waals surface area contributed by atoms with Gasteiger partial charge in [0.05, 0.1) is 0 Å². The van der Waals surface area contributed by atoms with E-state index in [-0.39, 0.29) is 0 Å². The molecule has 0 fully saturated rings. The number of aryl methyl sites for hydroxylation is 7. The van der Waals surface area contributed by atoms with Gasteiger partial charge in [0, 0.05) is 73.6 Å². The summed E-state index contributed by atoms with van der Waals surface area (Å²) in [7, 11) is 0. The molecule has 0 heterocycles. The molecule has 10 rings (SSSR count). The van der Waals surface area contributed by atoms with Crippen LogP contribution in [0.1, 0.15) is 203 Å². The minimum Gasteiger partial charge on any atom is -0.399 e. The second-order valence-electron chi connectivity index (χ2n) is 26.6. The Bertz CT molecular complexity index is 3860. The first-order valence-electron chi connectivity index (χ1n) is 37.3. The third kappa shape index (κ3) is 38.6. The highest BCUT2D eigenvalue weighted by Crippen LogP contribution is 2.23. The number of terminal acetylenes is 3. The third-order valence-electron chi connectivity index (χ3n) is 17.1. The SMILES string of the molecule is C#Cc1cc(C#C)cc(C#C)c1.CCCCCCCCCCCCc1cccc(N)c1.CCCCCCc1cc(N)cc(CCCCCC)c1.Cc1cc(C)cc(N)c1.Cc1cccc(C)c1N.Nc1ccc(Cc2ccc(Nc3ccccc3)cc2)cc1.Nc1ccc(Nc2ccccc2)cc1. The quantitative estimate of drug-likeness (QED) is 0.0142. The third-order valence-corrected chi connectivity index (χ3v) is 17.1. The molecule has 0 aromatic heterocycles. The van der Waals surface area contributed by atoms with Gasteiger partial charge in [-0.15, -0.1) is 19.3 Å². The molecule has 10 aromatic rings.